The number of nitrogens with one attached hydrogen (secondary N) is 2. The van der Waals surface area contributed by atoms with Gasteiger partial charge < -0.3 is 14.0 Å². The highest BCUT2D eigenvalue weighted by Gasteiger charge is 2.38. The maximum Gasteiger partial charge on any atom is 0.246 e. The van der Waals surface area contributed by atoms with Crippen LogP contribution in [0.2, 0.25) is 0 Å². The summed E-state index contributed by atoms with van der Waals surface area (Å²) in [4.78, 5) is 15.1. The van der Waals surface area contributed by atoms with E-state index in [1.165, 1.54) is 6.26 Å². The van der Waals surface area contributed by atoms with Gasteiger partial charge in [0.25, 0.3) is 0 Å². The van der Waals surface area contributed by atoms with Crippen LogP contribution in [-0.2, 0) is 29.7 Å². The minimum absolute atomic E-state index is 0.101. The van der Waals surface area contributed by atoms with E-state index in [1.54, 1.807) is 6.07 Å². The molecule has 0 saturated carbocycles. The molecular weight excluding hydrogens is 448 g/mol. The summed E-state index contributed by atoms with van der Waals surface area (Å²) in [6, 6.07) is 1.64. The molecule has 3 heterocycles. The van der Waals surface area contributed by atoms with Crippen molar-refractivity contribution < 1.29 is 27.2 Å². The maximum atomic E-state index is 13.0. The molecule has 11 heteroatoms. The van der Waals surface area contributed by atoms with Crippen LogP contribution < -0.4 is 10.0 Å². The third-order valence-electron chi connectivity index (χ3n) is 6.43. The molecule has 33 heavy (non-hydrogen) atoms. The number of carbonyl (C=O) groups is 1. The van der Waals surface area contributed by atoms with Crippen LogP contribution in [-0.4, -0.2) is 74.8 Å². The van der Waals surface area contributed by atoms with Gasteiger partial charge in [-0.15, -0.1) is 0 Å². The van der Waals surface area contributed by atoms with Gasteiger partial charge in [-0.25, -0.2) is 13.1 Å². The van der Waals surface area contributed by atoms with Crippen LogP contribution in [0.1, 0.15) is 65.5 Å². The van der Waals surface area contributed by atoms with Crippen LogP contribution in [0.5, 0.6) is 0 Å². The fraction of sp³-hybridized carbons (Fsp3) is 0.818. The van der Waals surface area contributed by atoms with Crippen LogP contribution in [0.15, 0.2) is 10.6 Å². The molecule has 1 atom stereocenters. The standard InChI is InChI=1S/C22H38N4O6S/c1-21(2,15-31-19-8-6-7-13-30-19)17-14-18(32-24-17)23-20(27)22(3,4)26-11-9-16(10-12-26)25-33(5,28)29/h14,16,19,25H,6-13,15H2,1-5H3,(H,23,27). The summed E-state index contributed by atoms with van der Waals surface area (Å²) in [6.07, 6.45) is 5.35. The van der Waals surface area contributed by atoms with Crippen molar-refractivity contribution >= 4 is 21.8 Å². The second-order valence-electron chi connectivity index (χ2n) is 10.2. The molecule has 2 N–H and O–H groups in total. The zero-order valence-electron chi connectivity index (χ0n) is 20.3. The van der Waals surface area contributed by atoms with Gasteiger partial charge in [0.2, 0.25) is 21.8 Å². The van der Waals surface area contributed by atoms with Gasteiger partial charge in [0.05, 0.1) is 24.1 Å². The first-order valence-corrected chi connectivity index (χ1v) is 13.5. The Bertz CT molecular complexity index is 900. The van der Waals surface area contributed by atoms with E-state index in [-0.39, 0.29) is 18.2 Å². The van der Waals surface area contributed by atoms with Crippen LogP contribution in [0.4, 0.5) is 5.88 Å². The van der Waals surface area contributed by atoms with E-state index in [4.69, 9.17) is 14.0 Å². The van der Waals surface area contributed by atoms with Gasteiger partial charge in [-0.3, -0.25) is 15.0 Å². The molecule has 1 aromatic heterocycles. The van der Waals surface area contributed by atoms with Crippen molar-refractivity contribution in [1.82, 2.24) is 14.8 Å². The van der Waals surface area contributed by atoms with Crippen molar-refractivity contribution in [3.05, 3.63) is 11.8 Å². The molecule has 0 bridgehead atoms. The lowest BCUT2D eigenvalue weighted by molar-refractivity contribution is -0.170. The van der Waals surface area contributed by atoms with Crippen LogP contribution in [0.3, 0.4) is 0 Å². The summed E-state index contributed by atoms with van der Waals surface area (Å²) in [5.41, 5.74) is -0.504. The number of rotatable bonds is 9. The van der Waals surface area contributed by atoms with Crippen molar-refractivity contribution in [2.75, 3.05) is 37.9 Å². The fourth-order valence-corrected chi connectivity index (χ4v) is 4.98. The van der Waals surface area contributed by atoms with Crippen molar-refractivity contribution in [2.45, 2.75) is 83.1 Å². The number of sulfonamides is 1. The van der Waals surface area contributed by atoms with Crippen molar-refractivity contribution in [2.24, 2.45) is 0 Å². The third kappa shape index (κ3) is 7.22. The first-order chi connectivity index (χ1) is 15.4. The van der Waals surface area contributed by atoms with Gasteiger partial charge >= 0.3 is 0 Å². The molecular formula is C22H38N4O6S. The Morgan fingerprint density at radius 3 is 2.52 bits per heavy atom. The number of nitrogens with zero attached hydrogens (tertiary/aromatic N) is 2. The lowest BCUT2D eigenvalue weighted by atomic mass is 9.90. The molecule has 1 unspecified atom stereocenters. The van der Waals surface area contributed by atoms with Gasteiger partial charge in [-0.1, -0.05) is 19.0 Å². The molecule has 1 aromatic rings. The highest BCUT2D eigenvalue weighted by molar-refractivity contribution is 7.88. The van der Waals surface area contributed by atoms with E-state index < -0.39 is 21.0 Å². The Kier molecular flexibility index (Phi) is 8.21. The van der Waals surface area contributed by atoms with E-state index >= 15 is 0 Å². The second-order valence-corrected chi connectivity index (χ2v) is 12.0. The first-order valence-electron chi connectivity index (χ1n) is 11.6. The van der Waals surface area contributed by atoms with Crippen molar-refractivity contribution in [3.63, 3.8) is 0 Å². The quantitative estimate of drug-likeness (QED) is 0.545. The molecule has 10 nitrogen and oxygen atoms in total. The van der Waals surface area contributed by atoms with Crippen LogP contribution >= 0.6 is 0 Å². The molecule has 0 aliphatic carbocycles. The monoisotopic (exact) mass is 486 g/mol. The number of anilines is 1. The predicted molar refractivity (Wildman–Crippen MR) is 124 cm³/mol. The summed E-state index contributed by atoms with van der Waals surface area (Å²) in [7, 11) is -3.24. The summed E-state index contributed by atoms with van der Waals surface area (Å²) in [5, 5.41) is 6.99. The number of aromatic nitrogens is 1. The number of carbonyl (C=O) groups excluding carboxylic acids is 1. The molecule has 3 rings (SSSR count). The minimum Gasteiger partial charge on any atom is -0.353 e. The maximum absolute atomic E-state index is 13.0. The molecule has 0 aromatic carbocycles. The number of hydrogen-bond acceptors (Lipinski definition) is 8. The molecule has 2 fully saturated rings. The zero-order valence-corrected chi connectivity index (χ0v) is 21.2. The van der Waals surface area contributed by atoms with E-state index in [9.17, 15) is 13.2 Å². The van der Waals surface area contributed by atoms with E-state index in [0.29, 0.717) is 44.1 Å². The van der Waals surface area contributed by atoms with Crippen molar-refractivity contribution in [1.29, 1.82) is 0 Å². The SMILES string of the molecule is CC(C)(COC1CCCCO1)c1cc(NC(=O)C(C)(C)N2CCC(NS(C)(=O)=O)CC2)on1. The smallest absolute Gasteiger partial charge is 0.246 e. The minimum atomic E-state index is -3.24. The Hall–Kier alpha value is -1.53. The van der Waals surface area contributed by atoms with Gasteiger partial charge in [-0.05, 0) is 46.0 Å². The predicted octanol–water partition coefficient (Wildman–Crippen LogP) is 2.23. The second kappa shape index (κ2) is 10.4. The number of likely N-dealkylation sites (tertiary alicyclic amines) is 1. The first kappa shape index (κ1) is 26.1. The van der Waals surface area contributed by atoms with E-state index in [0.717, 1.165) is 25.9 Å². The van der Waals surface area contributed by atoms with Gasteiger partial charge in [-0.2, -0.15) is 0 Å². The van der Waals surface area contributed by atoms with Gasteiger partial charge in [0, 0.05) is 37.2 Å². The molecule has 2 aliphatic heterocycles. The fourth-order valence-electron chi connectivity index (χ4n) is 4.14. The Morgan fingerprint density at radius 1 is 1.21 bits per heavy atom. The average molecular weight is 487 g/mol. The van der Waals surface area contributed by atoms with Gasteiger partial charge in [0.1, 0.15) is 0 Å². The van der Waals surface area contributed by atoms with Crippen LogP contribution in [0, 0.1) is 0 Å². The average Bonchev–Trinajstić information content (AvgIpc) is 3.22. The van der Waals surface area contributed by atoms with E-state index in [1.807, 2.05) is 27.7 Å². The number of amides is 1. The lowest BCUT2D eigenvalue weighted by Gasteiger charge is -2.41. The number of ether oxygens (including phenoxy) is 2. The third-order valence-corrected chi connectivity index (χ3v) is 7.19. The highest BCUT2D eigenvalue weighted by atomic mass is 32.2. The summed E-state index contributed by atoms with van der Waals surface area (Å²) >= 11 is 0. The molecule has 0 radical (unpaired) electrons. The largest absolute Gasteiger partial charge is 0.353 e. The molecule has 2 saturated heterocycles. The number of piperidine rings is 1. The molecule has 2 aliphatic rings. The van der Waals surface area contributed by atoms with E-state index in [2.05, 4.69) is 20.1 Å². The highest BCUT2D eigenvalue weighted by Crippen LogP contribution is 2.28. The lowest BCUT2D eigenvalue weighted by Crippen LogP contribution is -2.57. The Balaban J connectivity index is 1.53. The Morgan fingerprint density at radius 2 is 1.91 bits per heavy atom. The number of hydrogen-bond donors (Lipinski definition) is 2. The molecule has 0 spiro atoms. The van der Waals surface area contributed by atoms with Crippen LogP contribution in [0.25, 0.3) is 0 Å². The normalized spacial score (nSPS) is 21.8. The summed E-state index contributed by atoms with van der Waals surface area (Å²) in [5.74, 6) is 0.0862. The molecule has 1 amide bonds. The topological polar surface area (TPSA) is 123 Å². The summed E-state index contributed by atoms with van der Waals surface area (Å²) < 4.78 is 42.5. The Labute approximate surface area is 196 Å². The van der Waals surface area contributed by atoms with Crippen molar-refractivity contribution in [3.8, 4) is 0 Å². The zero-order chi connectivity index (χ0) is 24.3. The summed E-state index contributed by atoms with van der Waals surface area (Å²) in [6.45, 7) is 10.1. The molecule has 188 valence electrons. The van der Waals surface area contributed by atoms with Gasteiger partial charge in [0.15, 0.2) is 6.29 Å².